The molecule has 0 aliphatic rings. The van der Waals surface area contributed by atoms with Crippen molar-refractivity contribution >= 4 is 17.5 Å². The van der Waals surface area contributed by atoms with Crippen molar-refractivity contribution in [2.75, 3.05) is 0 Å². The Morgan fingerprint density at radius 1 is 1.26 bits per heavy atom. The summed E-state index contributed by atoms with van der Waals surface area (Å²) in [5.74, 6) is -0.00348. The van der Waals surface area contributed by atoms with Crippen LogP contribution in [0.4, 0.5) is 0 Å². The van der Waals surface area contributed by atoms with Gasteiger partial charge in [-0.3, -0.25) is 4.79 Å². The predicted octanol–water partition coefficient (Wildman–Crippen LogP) is 4.20. The van der Waals surface area contributed by atoms with E-state index in [0.29, 0.717) is 0 Å². The number of halogens is 1. The lowest BCUT2D eigenvalue weighted by molar-refractivity contribution is 0.0906. The lowest BCUT2D eigenvalue weighted by atomic mass is 10.0. The molecule has 0 saturated carbocycles. The van der Waals surface area contributed by atoms with Gasteiger partial charge in [0.15, 0.2) is 11.0 Å². The maximum Gasteiger partial charge on any atom is 0.287 e. The largest absolute Gasteiger partial charge is 0.440 e. The van der Waals surface area contributed by atoms with Crippen molar-refractivity contribution in [2.45, 2.75) is 25.8 Å². The number of carbonyl (C=O) groups excluding carboxylic acids is 1. The molecule has 1 unspecified atom stereocenters. The Balaban J connectivity index is 2.11. The number of carbonyl (C=O) groups is 1. The van der Waals surface area contributed by atoms with Crippen molar-refractivity contribution in [3.05, 3.63) is 59.0 Å². The molecule has 1 aromatic heterocycles. The molecular formula is C15H16ClNO2. The molecule has 1 heterocycles. The first-order valence-electron chi connectivity index (χ1n) is 6.32. The first kappa shape index (κ1) is 13.7. The molecule has 0 aliphatic carbocycles. The maximum absolute atomic E-state index is 12.1. The zero-order valence-electron chi connectivity index (χ0n) is 10.7. The lowest BCUT2D eigenvalue weighted by Gasteiger charge is -2.17. The van der Waals surface area contributed by atoms with Crippen LogP contribution >= 0.6 is 11.6 Å². The van der Waals surface area contributed by atoms with E-state index in [1.165, 1.54) is 0 Å². The van der Waals surface area contributed by atoms with Gasteiger partial charge in [-0.1, -0.05) is 43.7 Å². The molecule has 0 fully saturated rings. The van der Waals surface area contributed by atoms with Crippen molar-refractivity contribution in [3.63, 3.8) is 0 Å². The fourth-order valence-corrected chi connectivity index (χ4v) is 2.11. The van der Waals surface area contributed by atoms with E-state index in [1.807, 2.05) is 30.3 Å². The van der Waals surface area contributed by atoms with Crippen LogP contribution in [0.15, 0.2) is 46.9 Å². The normalized spacial score (nSPS) is 12.1. The standard InChI is InChI=1S/C15H16ClNO2/c1-2-6-12(11-7-4-3-5-8-11)17-15(18)13-9-10-14(16)19-13/h3-5,7-10,12H,2,6H2,1H3,(H,17,18). The Kier molecular flexibility index (Phi) is 4.63. The number of nitrogens with one attached hydrogen (secondary N) is 1. The topological polar surface area (TPSA) is 42.2 Å². The third-order valence-corrected chi connectivity index (χ3v) is 3.08. The minimum absolute atomic E-state index is 0.0115. The lowest BCUT2D eigenvalue weighted by Crippen LogP contribution is -2.28. The third kappa shape index (κ3) is 3.61. The molecule has 0 aliphatic heterocycles. The van der Waals surface area contributed by atoms with Gasteiger partial charge in [-0.15, -0.1) is 0 Å². The van der Waals surface area contributed by atoms with Crippen molar-refractivity contribution in [1.82, 2.24) is 5.32 Å². The van der Waals surface area contributed by atoms with Gasteiger partial charge in [0.1, 0.15) is 0 Å². The van der Waals surface area contributed by atoms with Crippen LogP contribution in [0.25, 0.3) is 0 Å². The van der Waals surface area contributed by atoms with Crippen molar-refractivity contribution in [3.8, 4) is 0 Å². The van der Waals surface area contributed by atoms with E-state index >= 15 is 0 Å². The van der Waals surface area contributed by atoms with Gasteiger partial charge in [-0.05, 0) is 35.7 Å². The monoisotopic (exact) mass is 277 g/mol. The number of benzene rings is 1. The fraction of sp³-hybridized carbons (Fsp3) is 0.267. The Labute approximate surface area is 117 Å². The van der Waals surface area contributed by atoms with E-state index in [0.717, 1.165) is 18.4 Å². The van der Waals surface area contributed by atoms with Gasteiger partial charge in [0.05, 0.1) is 6.04 Å². The highest BCUT2D eigenvalue weighted by molar-refractivity contribution is 6.29. The molecule has 100 valence electrons. The quantitative estimate of drug-likeness (QED) is 0.890. The highest BCUT2D eigenvalue weighted by Gasteiger charge is 2.17. The zero-order valence-corrected chi connectivity index (χ0v) is 11.5. The second-order valence-corrected chi connectivity index (χ2v) is 4.70. The predicted molar refractivity (Wildman–Crippen MR) is 75.3 cm³/mol. The first-order valence-corrected chi connectivity index (χ1v) is 6.69. The van der Waals surface area contributed by atoms with Crippen LogP contribution in [0.1, 0.15) is 41.9 Å². The van der Waals surface area contributed by atoms with E-state index in [4.69, 9.17) is 16.0 Å². The first-order chi connectivity index (χ1) is 9.20. The molecule has 0 saturated heterocycles. The Morgan fingerprint density at radius 2 is 2.00 bits per heavy atom. The Morgan fingerprint density at radius 3 is 2.58 bits per heavy atom. The highest BCUT2D eigenvalue weighted by atomic mass is 35.5. The third-order valence-electron chi connectivity index (χ3n) is 2.88. The second-order valence-electron chi connectivity index (χ2n) is 4.33. The van der Waals surface area contributed by atoms with E-state index in [1.54, 1.807) is 12.1 Å². The highest BCUT2D eigenvalue weighted by Crippen LogP contribution is 2.20. The summed E-state index contributed by atoms with van der Waals surface area (Å²) in [4.78, 5) is 12.1. The average Bonchev–Trinajstić information content (AvgIpc) is 2.86. The maximum atomic E-state index is 12.1. The molecule has 0 bridgehead atoms. The summed E-state index contributed by atoms with van der Waals surface area (Å²) in [5.41, 5.74) is 1.09. The summed E-state index contributed by atoms with van der Waals surface area (Å²) >= 11 is 5.67. The van der Waals surface area contributed by atoms with Crippen molar-refractivity contribution in [2.24, 2.45) is 0 Å². The Bertz CT molecular complexity index is 536. The van der Waals surface area contributed by atoms with E-state index in [2.05, 4.69) is 12.2 Å². The number of furan rings is 1. The number of hydrogen-bond donors (Lipinski definition) is 1. The average molecular weight is 278 g/mol. The molecule has 1 atom stereocenters. The van der Waals surface area contributed by atoms with Crippen molar-refractivity contribution in [1.29, 1.82) is 0 Å². The molecule has 2 aromatic rings. The van der Waals surface area contributed by atoms with E-state index in [9.17, 15) is 4.79 Å². The van der Waals surface area contributed by atoms with Gasteiger partial charge in [-0.2, -0.15) is 0 Å². The molecule has 1 amide bonds. The molecular weight excluding hydrogens is 262 g/mol. The summed E-state index contributed by atoms with van der Waals surface area (Å²) in [7, 11) is 0. The van der Waals surface area contributed by atoms with Gasteiger partial charge in [-0.25, -0.2) is 0 Å². The summed E-state index contributed by atoms with van der Waals surface area (Å²) in [6.07, 6.45) is 1.86. The SMILES string of the molecule is CCCC(NC(=O)c1ccc(Cl)o1)c1ccccc1. The molecule has 2 rings (SSSR count). The van der Waals surface area contributed by atoms with E-state index < -0.39 is 0 Å². The van der Waals surface area contributed by atoms with Crippen LogP contribution in [0.2, 0.25) is 5.22 Å². The molecule has 0 spiro atoms. The molecule has 19 heavy (non-hydrogen) atoms. The minimum atomic E-state index is -0.241. The molecule has 3 nitrogen and oxygen atoms in total. The smallest absolute Gasteiger partial charge is 0.287 e. The number of hydrogen-bond acceptors (Lipinski definition) is 2. The van der Waals surface area contributed by atoms with Gasteiger partial charge in [0, 0.05) is 0 Å². The van der Waals surface area contributed by atoms with E-state index in [-0.39, 0.29) is 22.9 Å². The number of rotatable bonds is 5. The summed E-state index contributed by atoms with van der Waals surface area (Å²) < 4.78 is 5.11. The number of amides is 1. The summed E-state index contributed by atoms with van der Waals surface area (Å²) in [5, 5.41) is 3.19. The van der Waals surface area contributed by atoms with Crippen LogP contribution in [0, 0.1) is 0 Å². The van der Waals surface area contributed by atoms with Crippen LogP contribution in [0.3, 0.4) is 0 Å². The second kappa shape index (κ2) is 6.43. The summed E-state index contributed by atoms with van der Waals surface area (Å²) in [6.45, 7) is 2.09. The van der Waals surface area contributed by atoms with Gasteiger partial charge >= 0.3 is 0 Å². The molecule has 1 N–H and O–H groups in total. The zero-order chi connectivity index (χ0) is 13.7. The minimum Gasteiger partial charge on any atom is -0.440 e. The van der Waals surface area contributed by atoms with Crippen molar-refractivity contribution < 1.29 is 9.21 Å². The van der Waals surface area contributed by atoms with Gasteiger partial charge in [0.2, 0.25) is 0 Å². The molecule has 4 heteroatoms. The Hall–Kier alpha value is -1.74. The van der Waals surface area contributed by atoms with Crippen LogP contribution in [0.5, 0.6) is 0 Å². The molecule has 0 radical (unpaired) electrons. The van der Waals surface area contributed by atoms with Gasteiger partial charge < -0.3 is 9.73 Å². The van der Waals surface area contributed by atoms with Crippen LogP contribution in [-0.2, 0) is 0 Å². The molecule has 1 aromatic carbocycles. The van der Waals surface area contributed by atoms with Gasteiger partial charge in [0.25, 0.3) is 5.91 Å². The fourth-order valence-electron chi connectivity index (χ4n) is 1.96. The van der Waals surface area contributed by atoms with Crippen LogP contribution < -0.4 is 5.32 Å². The van der Waals surface area contributed by atoms with Crippen LogP contribution in [-0.4, -0.2) is 5.91 Å². The summed E-state index contributed by atoms with van der Waals surface area (Å²) in [6, 6.07) is 13.0.